The second kappa shape index (κ2) is 1.35. The molecule has 5 atom stereocenters. The Morgan fingerprint density at radius 1 is 1.27 bits per heavy atom. The van der Waals surface area contributed by atoms with E-state index in [2.05, 4.69) is 18.2 Å². The minimum Gasteiger partial charge on any atom is -0.0770 e. The van der Waals surface area contributed by atoms with Crippen LogP contribution in [0.2, 0.25) is 0 Å². The molecule has 4 rings (SSSR count). The van der Waals surface area contributed by atoms with Crippen LogP contribution in [-0.4, -0.2) is 0 Å². The van der Waals surface area contributed by atoms with E-state index >= 15 is 0 Å². The predicted octanol–water partition coefficient (Wildman–Crippen LogP) is 2.38. The largest absolute Gasteiger partial charge is 0.0770 e. The first kappa shape index (κ1) is 5.18. The van der Waals surface area contributed by atoms with Crippen LogP contribution in [0.5, 0.6) is 0 Å². The summed E-state index contributed by atoms with van der Waals surface area (Å²) in [5.74, 6) is 5.23. The lowest BCUT2D eigenvalue weighted by Gasteiger charge is -2.61. The van der Waals surface area contributed by atoms with Gasteiger partial charge in [0.15, 0.2) is 0 Å². The highest BCUT2D eigenvalue weighted by molar-refractivity contribution is 5.40. The summed E-state index contributed by atoms with van der Waals surface area (Å²) in [7, 11) is 0. The maximum absolute atomic E-state index is 2.53. The first-order valence-corrected chi connectivity index (χ1v) is 4.83. The summed E-state index contributed by atoms with van der Waals surface area (Å²) < 4.78 is 0. The monoisotopic (exact) mass is 144 g/mol. The van der Waals surface area contributed by atoms with Crippen LogP contribution in [0.25, 0.3) is 0 Å². The molecule has 5 unspecified atom stereocenters. The molecule has 2 bridgehead atoms. The van der Waals surface area contributed by atoms with Gasteiger partial charge in [-0.15, -0.1) is 0 Å². The zero-order valence-corrected chi connectivity index (χ0v) is 6.53. The van der Waals surface area contributed by atoms with Gasteiger partial charge >= 0.3 is 0 Å². The van der Waals surface area contributed by atoms with Gasteiger partial charge < -0.3 is 0 Å². The molecule has 0 heteroatoms. The molecule has 0 aliphatic heterocycles. The van der Waals surface area contributed by atoms with E-state index in [4.69, 9.17) is 0 Å². The molecule has 4 aliphatic rings. The van der Waals surface area contributed by atoms with Gasteiger partial charge in [0.25, 0.3) is 0 Å². The van der Waals surface area contributed by atoms with Crippen molar-refractivity contribution in [3.63, 3.8) is 0 Å². The topological polar surface area (TPSA) is 0 Å². The van der Waals surface area contributed by atoms with Crippen LogP contribution in [0, 0.1) is 29.6 Å². The molecule has 0 saturated heterocycles. The van der Waals surface area contributed by atoms with Gasteiger partial charge in [-0.25, -0.2) is 0 Å². The number of rotatable bonds is 0. The Labute approximate surface area is 67.0 Å². The highest BCUT2D eigenvalue weighted by Crippen LogP contribution is 2.66. The van der Waals surface area contributed by atoms with Crippen molar-refractivity contribution in [3.05, 3.63) is 23.8 Å². The van der Waals surface area contributed by atoms with Crippen LogP contribution in [0.1, 0.15) is 12.8 Å². The third-order valence-corrected chi connectivity index (χ3v) is 4.45. The molecule has 2 saturated carbocycles. The first-order valence-electron chi connectivity index (χ1n) is 4.83. The Balaban J connectivity index is 1.90. The fourth-order valence-electron chi connectivity index (χ4n) is 3.83. The van der Waals surface area contributed by atoms with Gasteiger partial charge in [0.2, 0.25) is 0 Å². The highest BCUT2D eigenvalue weighted by atomic mass is 14.6. The molecule has 0 amide bonds. The summed E-state index contributed by atoms with van der Waals surface area (Å²) in [6.07, 6.45) is 10.4. The lowest BCUT2D eigenvalue weighted by Crippen LogP contribution is -2.55. The van der Waals surface area contributed by atoms with E-state index in [0.717, 1.165) is 29.6 Å². The molecule has 4 aliphatic carbocycles. The summed E-state index contributed by atoms with van der Waals surface area (Å²) in [4.78, 5) is 0. The van der Waals surface area contributed by atoms with E-state index in [0.29, 0.717) is 0 Å². The standard InChI is InChI=1S/C11H12/c1-2-7-3-6(1)9-4-8-5-10(7)11(8)9/h1-3,6,8-11H,4-5H2. The Bertz CT molecular complexity index is 284. The minimum absolute atomic E-state index is 0.864. The van der Waals surface area contributed by atoms with Crippen molar-refractivity contribution < 1.29 is 0 Å². The molecular formula is C11H12. The number of hydrogen-bond donors (Lipinski definition) is 0. The van der Waals surface area contributed by atoms with E-state index in [1.165, 1.54) is 6.42 Å². The Kier molecular flexibility index (Phi) is 0.636. The third-order valence-electron chi connectivity index (χ3n) is 4.45. The molecule has 11 heavy (non-hydrogen) atoms. The maximum atomic E-state index is 2.53. The quantitative estimate of drug-likeness (QED) is 0.489. The molecule has 56 valence electrons. The Morgan fingerprint density at radius 3 is 3.18 bits per heavy atom. The van der Waals surface area contributed by atoms with E-state index in [1.54, 1.807) is 12.0 Å². The molecule has 0 nitrogen and oxygen atoms in total. The number of fused-ring (bicyclic) bond motifs is 3. The first-order chi connectivity index (χ1) is 5.43. The molecule has 0 spiro atoms. The second-order valence-corrected chi connectivity index (χ2v) is 4.68. The smallest absolute Gasteiger partial charge is 0.00130 e. The van der Waals surface area contributed by atoms with Gasteiger partial charge in [-0.2, -0.15) is 0 Å². The number of allylic oxidation sites excluding steroid dienone is 4. The summed E-state index contributed by atoms with van der Waals surface area (Å²) in [5.41, 5.74) is 1.69. The van der Waals surface area contributed by atoms with Gasteiger partial charge in [-0.1, -0.05) is 18.2 Å². The summed E-state index contributed by atoms with van der Waals surface area (Å²) in [5, 5.41) is 0. The van der Waals surface area contributed by atoms with E-state index < -0.39 is 0 Å². The Hall–Kier alpha value is -0.520. The Morgan fingerprint density at radius 2 is 2.27 bits per heavy atom. The molecule has 0 heterocycles. The average molecular weight is 144 g/mol. The molecule has 0 N–H and O–H groups in total. The van der Waals surface area contributed by atoms with E-state index in [1.807, 2.05) is 0 Å². The lowest BCUT2D eigenvalue weighted by atomic mass is 9.43. The second-order valence-electron chi connectivity index (χ2n) is 4.68. The van der Waals surface area contributed by atoms with E-state index in [9.17, 15) is 0 Å². The highest BCUT2D eigenvalue weighted by Gasteiger charge is 2.58. The predicted molar refractivity (Wildman–Crippen MR) is 43.9 cm³/mol. The van der Waals surface area contributed by atoms with E-state index in [-0.39, 0.29) is 0 Å². The molecule has 0 radical (unpaired) electrons. The van der Waals surface area contributed by atoms with Gasteiger partial charge in [-0.3, -0.25) is 0 Å². The average Bonchev–Trinajstić information content (AvgIpc) is 2.36. The SMILES string of the molecule is C1=CC2C=C1C1CC3CC2C31. The van der Waals surface area contributed by atoms with Crippen LogP contribution < -0.4 is 0 Å². The summed E-state index contributed by atoms with van der Waals surface area (Å²) in [6, 6.07) is 0. The molecule has 2 fully saturated rings. The summed E-state index contributed by atoms with van der Waals surface area (Å²) >= 11 is 0. The molecule has 0 aromatic rings. The van der Waals surface area contributed by atoms with Crippen LogP contribution >= 0.6 is 0 Å². The van der Waals surface area contributed by atoms with Crippen molar-refractivity contribution in [2.24, 2.45) is 29.6 Å². The minimum atomic E-state index is 0.864. The number of hydrogen-bond acceptors (Lipinski definition) is 0. The van der Waals surface area contributed by atoms with Crippen LogP contribution in [-0.2, 0) is 0 Å². The molecule has 0 aromatic carbocycles. The summed E-state index contributed by atoms with van der Waals surface area (Å²) in [6.45, 7) is 0. The van der Waals surface area contributed by atoms with Gasteiger partial charge in [0.05, 0.1) is 0 Å². The fraction of sp³-hybridized carbons (Fsp3) is 0.636. The lowest BCUT2D eigenvalue weighted by molar-refractivity contribution is -0.0885. The zero-order valence-electron chi connectivity index (χ0n) is 6.53. The van der Waals surface area contributed by atoms with Crippen molar-refractivity contribution in [3.8, 4) is 0 Å². The maximum Gasteiger partial charge on any atom is -0.00130 e. The van der Waals surface area contributed by atoms with Gasteiger partial charge in [0.1, 0.15) is 0 Å². The van der Waals surface area contributed by atoms with Gasteiger partial charge in [0, 0.05) is 0 Å². The van der Waals surface area contributed by atoms with Crippen LogP contribution in [0.3, 0.4) is 0 Å². The van der Waals surface area contributed by atoms with Crippen molar-refractivity contribution in [1.82, 2.24) is 0 Å². The van der Waals surface area contributed by atoms with Crippen LogP contribution in [0.4, 0.5) is 0 Å². The zero-order chi connectivity index (χ0) is 7.00. The molecule has 0 aromatic heterocycles. The van der Waals surface area contributed by atoms with Gasteiger partial charge in [-0.05, 0) is 48.0 Å². The van der Waals surface area contributed by atoms with Crippen molar-refractivity contribution in [2.75, 3.05) is 0 Å². The van der Waals surface area contributed by atoms with Crippen LogP contribution in [0.15, 0.2) is 23.8 Å². The van der Waals surface area contributed by atoms with Crippen molar-refractivity contribution in [2.45, 2.75) is 12.8 Å². The van der Waals surface area contributed by atoms with Crippen molar-refractivity contribution in [1.29, 1.82) is 0 Å². The van der Waals surface area contributed by atoms with Crippen molar-refractivity contribution >= 4 is 0 Å². The normalized spacial score (nSPS) is 61.1. The molecular weight excluding hydrogens is 132 g/mol. The fourth-order valence-corrected chi connectivity index (χ4v) is 3.83. The third kappa shape index (κ3) is 0.399.